The summed E-state index contributed by atoms with van der Waals surface area (Å²) >= 11 is 0. The Balaban J connectivity index is 1.91. The molecular weight excluding hydrogens is 448 g/mol. The summed E-state index contributed by atoms with van der Waals surface area (Å²) in [6.07, 6.45) is 1.76. The van der Waals surface area contributed by atoms with E-state index in [-0.39, 0.29) is 17.9 Å². The van der Waals surface area contributed by atoms with E-state index in [4.69, 9.17) is 4.74 Å². The summed E-state index contributed by atoms with van der Waals surface area (Å²) in [5.74, 6) is -2.22. The van der Waals surface area contributed by atoms with Crippen LogP contribution in [0.5, 0.6) is 0 Å². The van der Waals surface area contributed by atoms with Crippen LogP contribution in [0.2, 0.25) is 0 Å². The monoisotopic (exact) mass is 476 g/mol. The smallest absolute Gasteiger partial charge is 0.337 e. The van der Waals surface area contributed by atoms with Crippen molar-refractivity contribution in [1.82, 2.24) is 19.2 Å². The molecule has 9 heteroatoms. The average Bonchev–Trinajstić information content (AvgIpc) is 3.31. The molecule has 0 spiro atoms. The SMILES string of the molecule is COC(=O)c1ccc([C@@H]2/C(=C(\O)c3c(C)nc4c(C)cccn34)C(=O)C(=O)N2CCN(C)C)cc1. The molecule has 0 bridgehead atoms. The minimum absolute atomic E-state index is 0.00835. The number of hydrogen-bond donors (Lipinski definition) is 1. The number of aromatic nitrogens is 2. The van der Waals surface area contributed by atoms with E-state index in [0.29, 0.717) is 34.7 Å². The second-order valence-corrected chi connectivity index (χ2v) is 8.84. The zero-order chi connectivity index (χ0) is 25.4. The van der Waals surface area contributed by atoms with Gasteiger partial charge in [-0.1, -0.05) is 18.2 Å². The molecule has 4 rings (SSSR count). The summed E-state index contributed by atoms with van der Waals surface area (Å²) in [5, 5.41) is 11.5. The lowest BCUT2D eigenvalue weighted by Gasteiger charge is -2.26. The Bertz CT molecular complexity index is 1350. The summed E-state index contributed by atoms with van der Waals surface area (Å²) < 4.78 is 6.50. The van der Waals surface area contributed by atoms with Crippen LogP contribution in [0.4, 0.5) is 0 Å². The molecule has 35 heavy (non-hydrogen) atoms. The fraction of sp³-hybridized carbons (Fsp3) is 0.308. The van der Waals surface area contributed by atoms with Crippen molar-refractivity contribution in [2.75, 3.05) is 34.3 Å². The number of nitrogens with zero attached hydrogens (tertiary/aromatic N) is 4. The number of hydrogen-bond acceptors (Lipinski definition) is 7. The summed E-state index contributed by atoms with van der Waals surface area (Å²) in [6, 6.07) is 9.42. The van der Waals surface area contributed by atoms with Crippen molar-refractivity contribution in [1.29, 1.82) is 0 Å². The number of ether oxygens (including phenoxy) is 1. The predicted molar refractivity (Wildman–Crippen MR) is 130 cm³/mol. The molecule has 1 aromatic carbocycles. The van der Waals surface area contributed by atoms with E-state index in [9.17, 15) is 19.5 Å². The van der Waals surface area contributed by atoms with Crippen molar-refractivity contribution in [3.8, 4) is 0 Å². The van der Waals surface area contributed by atoms with Gasteiger partial charge in [-0.3, -0.25) is 14.0 Å². The maximum atomic E-state index is 13.3. The third kappa shape index (κ3) is 4.19. The number of Topliss-reactive ketones (excluding diaryl/α,β-unsaturated/α-hetero) is 1. The average molecular weight is 477 g/mol. The third-order valence-corrected chi connectivity index (χ3v) is 6.22. The number of methoxy groups -OCH3 is 1. The van der Waals surface area contributed by atoms with Gasteiger partial charge in [-0.05, 0) is 57.3 Å². The number of likely N-dealkylation sites (N-methyl/N-ethyl adjacent to an activating group) is 1. The molecule has 9 nitrogen and oxygen atoms in total. The van der Waals surface area contributed by atoms with Crippen LogP contribution in [0.15, 0.2) is 48.2 Å². The molecule has 1 saturated heterocycles. The van der Waals surface area contributed by atoms with E-state index >= 15 is 0 Å². The van der Waals surface area contributed by atoms with Crippen molar-refractivity contribution >= 4 is 29.1 Å². The molecule has 1 amide bonds. The number of aryl methyl sites for hydroxylation is 2. The number of rotatable bonds is 6. The number of imidazole rings is 1. The van der Waals surface area contributed by atoms with Crippen molar-refractivity contribution in [2.24, 2.45) is 0 Å². The molecule has 0 radical (unpaired) electrons. The van der Waals surface area contributed by atoms with Crippen molar-refractivity contribution < 1.29 is 24.2 Å². The van der Waals surface area contributed by atoms with Gasteiger partial charge in [0.05, 0.1) is 30.0 Å². The van der Waals surface area contributed by atoms with Gasteiger partial charge in [-0.2, -0.15) is 0 Å². The molecule has 1 aliphatic heterocycles. The molecule has 182 valence electrons. The summed E-state index contributed by atoms with van der Waals surface area (Å²) in [4.78, 5) is 46.3. The lowest BCUT2D eigenvalue weighted by molar-refractivity contribution is -0.140. The van der Waals surface area contributed by atoms with E-state index < -0.39 is 23.7 Å². The number of carbonyl (C=O) groups excluding carboxylic acids is 3. The number of benzene rings is 1. The van der Waals surface area contributed by atoms with Crippen LogP contribution < -0.4 is 0 Å². The van der Waals surface area contributed by atoms with Crippen LogP contribution in [-0.4, -0.2) is 76.2 Å². The second-order valence-electron chi connectivity index (χ2n) is 8.84. The fourth-order valence-electron chi connectivity index (χ4n) is 4.41. The van der Waals surface area contributed by atoms with Gasteiger partial charge < -0.3 is 19.6 Å². The highest BCUT2D eigenvalue weighted by Crippen LogP contribution is 2.40. The number of pyridine rings is 1. The van der Waals surface area contributed by atoms with Gasteiger partial charge in [0, 0.05) is 19.3 Å². The maximum Gasteiger partial charge on any atom is 0.337 e. The van der Waals surface area contributed by atoms with Crippen LogP contribution in [0.25, 0.3) is 11.4 Å². The quantitative estimate of drug-likeness (QED) is 0.252. The first kappa shape index (κ1) is 24.2. The molecule has 1 aliphatic rings. The minimum Gasteiger partial charge on any atom is -0.505 e. The summed E-state index contributed by atoms with van der Waals surface area (Å²) in [7, 11) is 5.05. The Kier molecular flexibility index (Phi) is 6.45. The van der Waals surface area contributed by atoms with Gasteiger partial charge in [-0.15, -0.1) is 0 Å². The molecule has 1 N–H and O–H groups in total. The van der Waals surface area contributed by atoms with Gasteiger partial charge in [-0.25, -0.2) is 9.78 Å². The number of esters is 1. The topological polar surface area (TPSA) is 104 Å². The van der Waals surface area contributed by atoms with Crippen LogP contribution in [0.1, 0.15) is 38.9 Å². The van der Waals surface area contributed by atoms with E-state index in [0.717, 1.165) is 5.56 Å². The second kappa shape index (κ2) is 9.34. The lowest BCUT2D eigenvalue weighted by Crippen LogP contribution is -2.35. The Labute approximate surface area is 203 Å². The Morgan fingerprint density at radius 1 is 1.14 bits per heavy atom. The largest absolute Gasteiger partial charge is 0.505 e. The standard InChI is InChI=1S/C26H28N4O5/c1-15-7-6-12-29-20(16(2)27-24(15)29)22(31)19-21(17-8-10-18(11-9-17)26(34)35-5)30(14-13-28(3)4)25(33)23(19)32/h6-12,21,31H,13-14H2,1-5H3/b22-19+/t21-/m1/s1. The number of aliphatic hydroxyl groups excluding tert-OH is 1. The highest BCUT2D eigenvalue weighted by Gasteiger charge is 2.46. The van der Waals surface area contributed by atoms with Crippen molar-refractivity contribution in [3.63, 3.8) is 0 Å². The molecule has 0 saturated carbocycles. The molecular formula is C26H28N4O5. The van der Waals surface area contributed by atoms with Crippen LogP contribution >= 0.6 is 0 Å². The van der Waals surface area contributed by atoms with Crippen molar-refractivity contribution in [3.05, 3.63) is 76.2 Å². The Morgan fingerprint density at radius 2 is 1.83 bits per heavy atom. The number of fused-ring (bicyclic) bond motifs is 1. The number of ketones is 1. The zero-order valence-electron chi connectivity index (χ0n) is 20.4. The number of carbonyl (C=O) groups is 3. The van der Waals surface area contributed by atoms with E-state index in [1.807, 2.05) is 38.1 Å². The zero-order valence-corrected chi connectivity index (χ0v) is 20.4. The molecule has 1 fully saturated rings. The van der Waals surface area contributed by atoms with Gasteiger partial charge in [0.25, 0.3) is 11.7 Å². The van der Waals surface area contributed by atoms with Crippen LogP contribution in [0, 0.1) is 13.8 Å². The minimum atomic E-state index is -0.823. The van der Waals surface area contributed by atoms with E-state index in [1.54, 1.807) is 41.8 Å². The Morgan fingerprint density at radius 3 is 2.46 bits per heavy atom. The summed E-state index contributed by atoms with van der Waals surface area (Å²) in [6.45, 7) is 4.47. The van der Waals surface area contributed by atoms with Crippen LogP contribution in [-0.2, 0) is 14.3 Å². The maximum absolute atomic E-state index is 13.3. The van der Waals surface area contributed by atoms with Gasteiger partial charge in [0.2, 0.25) is 0 Å². The van der Waals surface area contributed by atoms with E-state index in [1.165, 1.54) is 12.0 Å². The highest BCUT2D eigenvalue weighted by molar-refractivity contribution is 6.46. The molecule has 0 unspecified atom stereocenters. The first-order valence-corrected chi connectivity index (χ1v) is 11.2. The molecule has 3 heterocycles. The normalized spacial score (nSPS) is 17.5. The van der Waals surface area contributed by atoms with Gasteiger partial charge in [0.1, 0.15) is 11.3 Å². The molecule has 0 aliphatic carbocycles. The summed E-state index contributed by atoms with van der Waals surface area (Å²) in [5.41, 5.74) is 3.41. The van der Waals surface area contributed by atoms with Crippen molar-refractivity contribution in [2.45, 2.75) is 19.9 Å². The third-order valence-electron chi connectivity index (χ3n) is 6.22. The number of likely N-dealkylation sites (tertiary alicyclic amines) is 1. The highest BCUT2D eigenvalue weighted by atomic mass is 16.5. The molecule has 1 atom stereocenters. The van der Waals surface area contributed by atoms with E-state index in [2.05, 4.69) is 4.98 Å². The number of aliphatic hydroxyl groups is 1. The van der Waals surface area contributed by atoms with Gasteiger partial charge in [0.15, 0.2) is 5.76 Å². The molecule has 2 aromatic heterocycles. The van der Waals surface area contributed by atoms with Gasteiger partial charge >= 0.3 is 5.97 Å². The first-order chi connectivity index (χ1) is 16.6. The fourth-order valence-corrected chi connectivity index (χ4v) is 4.41. The molecule has 3 aromatic rings. The first-order valence-electron chi connectivity index (χ1n) is 11.2. The van der Waals surface area contributed by atoms with Crippen LogP contribution in [0.3, 0.4) is 0 Å². The lowest BCUT2D eigenvalue weighted by atomic mass is 9.95. The number of amides is 1. The Hall–Kier alpha value is -3.98. The predicted octanol–water partition coefficient (Wildman–Crippen LogP) is 2.72.